The molecular weight excluding hydrogens is 434 g/mol. The Morgan fingerprint density at radius 1 is 0.794 bits per heavy atom. The highest BCUT2D eigenvalue weighted by atomic mass is 16.5. The van der Waals surface area contributed by atoms with E-state index in [0.29, 0.717) is 40.9 Å². The molecule has 7 heteroatoms. The highest BCUT2D eigenvalue weighted by Gasteiger charge is 2.19. The fraction of sp³-hybridized carbons (Fsp3) is 0.444. The molecule has 0 aromatic heterocycles. The number of carbonyl (C=O) groups excluding carboxylic acids is 1. The van der Waals surface area contributed by atoms with E-state index in [9.17, 15) is 4.79 Å². The third-order valence-electron chi connectivity index (χ3n) is 5.32. The first-order valence-corrected chi connectivity index (χ1v) is 11.6. The van der Waals surface area contributed by atoms with Crippen molar-refractivity contribution in [3.63, 3.8) is 0 Å². The zero-order valence-corrected chi connectivity index (χ0v) is 21.2. The molecule has 2 aromatic rings. The van der Waals surface area contributed by atoms with Crippen LogP contribution in [0.25, 0.3) is 6.08 Å². The molecular formula is C27H37NO6. The maximum atomic E-state index is 13.2. The summed E-state index contributed by atoms with van der Waals surface area (Å²) in [5, 5.41) is 0. The highest BCUT2D eigenvalue weighted by Crippen LogP contribution is 2.35. The highest BCUT2D eigenvalue weighted by molar-refractivity contribution is 6.10. The maximum absolute atomic E-state index is 13.2. The van der Waals surface area contributed by atoms with Crippen molar-refractivity contribution in [3.05, 3.63) is 47.5 Å². The van der Waals surface area contributed by atoms with Gasteiger partial charge in [-0.15, -0.1) is 0 Å². The van der Waals surface area contributed by atoms with Gasteiger partial charge < -0.3 is 23.7 Å². The Morgan fingerprint density at radius 2 is 1.44 bits per heavy atom. The lowest BCUT2D eigenvalue weighted by Gasteiger charge is -2.22. The number of ether oxygens (including phenoxy) is 5. The molecule has 0 aliphatic carbocycles. The van der Waals surface area contributed by atoms with Gasteiger partial charge in [0, 0.05) is 18.7 Å². The number of benzene rings is 2. The van der Waals surface area contributed by atoms with Crippen LogP contribution in [-0.2, 0) is 0 Å². The second kappa shape index (κ2) is 14.2. The second-order valence-corrected chi connectivity index (χ2v) is 7.70. The first-order valence-electron chi connectivity index (χ1n) is 11.6. The molecule has 0 aliphatic rings. The van der Waals surface area contributed by atoms with E-state index in [1.54, 1.807) is 51.7 Å². The number of allylic oxidation sites excluding steroid dienone is 1. The summed E-state index contributed by atoms with van der Waals surface area (Å²) in [5.74, 6) is 2.38. The standard InChI is InChI=1S/C27H37NO6/c1-7-13-28(14-8-2)15-16-34-26-19-21(30-3)18-25(33-6)27(26)22(29)11-9-20-10-12-23(31-4)24(17-20)32-5/h9-12,17-19H,7-8,13-16H2,1-6H3. The number of ketones is 1. The van der Waals surface area contributed by atoms with Crippen LogP contribution in [0.3, 0.4) is 0 Å². The van der Waals surface area contributed by atoms with Crippen LogP contribution in [0.5, 0.6) is 28.7 Å². The van der Waals surface area contributed by atoms with E-state index in [2.05, 4.69) is 18.7 Å². The third kappa shape index (κ3) is 7.42. The molecule has 0 fully saturated rings. The average Bonchev–Trinajstić information content (AvgIpc) is 2.86. The van der Waals surface area contributed by atoms with Crippen molar-refractivity contribution in [1.82, 2.24) is 4.90 Å². The molecule has 0 bridgehead atoms. The average molecular weight is 472 g/mol. The van der Waals surface area contributed by atoms with Crippen LogP contribution in [-0.4, -0.2) is 65.4 Å². The molecule has 0 spiro atoms. The van der Waals surface area contributed by atoms with E-state index in [4.69, 9.17) is 23.7 Å². The molecule has 2 rings (SSSR count). The lowest BCUT2D eigenvalue weighted by atomic mass is 10.1. The van der Waals surface area contributed by atoms with Crippen LogP contribution in [0, 0.1) is 0 Å². The number of hydrogen-bond acceptors (Lipinski definition) is 7. The minimum absolute atomic E-state index is 0.233. The number of carbonyl (C=O) groups is 1. The molecule has 0 heterocycles. The molecule has 186 valence electrons. The first kappa shape index (κ1) is 27.1. The molecule has 2 aromatic carbocycles. The number of rotatable bonds is 15. The Kier molecular flexibility index (Phi) is 11.3. The smallest absolute Gasteiger partial charge is 0.193 e. The monoisotopic (exact) mass is 471 g/mol. The predicted octanol–water partition coefficient (Wildman–Crippen LogP) is 5.12. The maximum Gasteiger partial charge on any atom is 0.193 e. The number of hydrogen-bond donors (Lipinski definition) is 0. The molecule has 0 amide bonds. The molecule has 0 atom stereocenters. The van der Waals surface area contributed by atoms with Crippen LogP contribution in [0.2, 0.25) is 0 Å². The summed E-state index contributed by atoms with van der Waals surface area (Å²) in [4.78, 5) is 15.6. The van der Waals surface area contributed by atoms with Crippen molar-refractivity contribution < 1.29 is 28.5 Å². The van der Waals surface area contributed by atoms with Gasteiger partial charge in [0.15, 0.2) is 17.3 Å². The topological polar surface area (TPSA) is 66.5 Å². The fourth-order valence-electron chi connectivity index (χ4n) is 3.67. The fourth-order valence-corrected chi connectivity index (χ4v) is 3.67. The molecule has 0 saturated heterocycles. The van der Waals surface area contributed by atoms with Gasteiger partial charge in [0.2, 0.25) is 0 Å². The molecule has 0 aliphatic heterocycles. The van der Waals surface area contributed by atoms with Crippen molar-refractivity contribution in [3.8, 4) is 28.7 Å². The van der Waals surface area contributed by atoms with Gasteiger partial charge in [-0.3, -0.25) is 9.69 Å². The van der Waals surface area contributed by atoms with Crippen molar-refractivity contribution in [1.29, 1.82) is 0 Å². The molecule has 0 radical (unpaired) electrons. The SMILES string of the molecule is CCCN(CCC)CCOc1cc(OC)cc(OC)c1C(=O)C=Cc1ccc(OC)c(OC)c1. The summed E-state index contributed by atoms with van der Waals surface area (Å²) in [6.45, 7) is 7.58. The Balaban J connectivity index is 2.29. The molecule has 0 unspecified atom stereocenters. The number of nitrogens with zero attached hydrogens (tertiary/aromatic N) is 1. The normalized spacial score (nSPS) is 11.0. The summed E-state index contributed by atoms with van der Waals surface area (Å²) in [6, 6.07) is 8.86. The van der Waals surface area contributed by atoms with Crippen LogP contribution >= 0.6 is 0 Å². The second-order valence-electron chi connectivity index (χ2n) is 7.70. The van der Waals surface area contributed by atoms with Crippen LogP contribution in [0.1, 0.15) is 42.6 Å². The van der Waals surface area contributed by atoms with Gasteiger partial charge in [-0.2, -0.15) is 0 Å². The molecule has 0 N–H and O–H groups in total. The molecule has 7 nitrogen and oxygen atoms in total. The van der Waals surface area contributed by atoms with Crippen molar-refractivity contribution >= 4 is 11.9 Å². The van der Waals surface area contributed by atoms with Crippen LogP contribution < -0.4 is 23.7 Å². The van der Waals surface area contributed by atoms with Gasteiger partial charge in [-0.05, 0) is 49.7 Å². The van der Waals surface area contributed by atoms with E-state index in [-0.39, 0.29) is 5.78 Å². The van der Waals surface area contributed by atoms with Crippen LogP contribution in [0.4, 0.5) is 0 Å². The minimum atomic E-state index is -0.233. The lowest BCUT2D eigenvalue weighted by molar-refractivity contribution is 0.103. The largest absolute Gasteiger partial charge is 0.496 e. The Labute approximate surface area is 203 Å². The van der Waals surface area contributed by atoms with Gasteiger partial charge in [-0.1, -0.05) is 26.0 Å². The Morgan fingerprint density at radius 3 is 2.03 bits per heavy atom. The number of methoxy groups -OCH3 is 4. The molecule has 0 saturated carbocycles. The zero-order valence-electron chi connectivity index (χ0n) is 21.2. The summed E-state index contributed by atoms with van der Waals surface area (Å²) in [7, 11) is 6.25. The van der Waals surface area contributed by atoms with E-state index < -0.39 is 0 Å². The van der Waals surface area contributed by atoms with Crippen LogP contribution in [0.15, 0.2) is 36.4 Å². The third-order valence-corrected chi connectivity index (χ3v) is 5.32. The van der Waals surface area contributed by atoms with E-state index in [1.165, 1.54) is 13.2 Å². The minimum Gasteiger partial charge on any atom is -0.496 e. The summed E-state index contributed by atoms with van der Waals surface area (Å²) in [6.07, 6.45) is 5.39. The van der Waals surface area contributed by atoms with Crippen molar-refractivity contribution in [2.75, 3.05) is 54.7 Å². The predicted molar refractivity (Wildman–Crippen MR) is 135 cm³/mol. The zero-order chi connectivity index (χ0) is 24.9. The van der Waals surface area contributed by atoms with Crippen molar-refractivity contribution in [2.45, 2.75) is 26.7 Å². The van der Waals surface area contributed by atoms with Gasteiger partial charge in [0.1, 0.15) is 29.4 Å². The quantitative estimate of drug-likeness (QED) is 0.264. The van der Waals surface area contributed by atoms with Crippen molar-refractivity contribution in [2.24, 2.45) is 0 Å². The van der Waals surface area contributed by atoms with Gasteiger partial charge in [0.05, 0.1) is 28.4 Å². The summed E-state index contributed by atoms with van der Waals surface area (Å²) < 4.78 is 27.6. The lowest BCUT2D eigenvalue weighted by Crippen LogP contribution is -2.30. The Bertz CT molecular complexity index is 950. The first-order chi connectivity index (χ1) is 16.5. The van der Waals surface area contributed by atoms with E-state index in [1.807, 2.05) is 6.07 Å². The summed E-state index contributed by atoms with van der Waals surface area (Å²) in [5.41, 5.74) is 1.16. The van der Waals surface area contributed by atoms with Gasteiger partial charge in [0.25, 0.3) is 0 Å². The van der Waals surface area contributed by atoms with E-state index >= 15 is 0 Å². The van der Waals surface area contributed by atoms with E-state index in [0.717, 1.165) is 38.0 Å². The molecule has 34 heavy (non-hydrogen) atoms. The Hall–Kier alpha value is -3.19. The van der Waals surface area contributed by atoms with Gasteiger partial charge >= 0.3 is 0 Å². The summed E-state index contributed by atoms with van der Waals surface area (Å²) >= 11 is 0. The van der Waals surface area contributed by atoms with Gasteiger partial charge in [-0.25, -0.2) is 0 Å².